The smallest absolute Gasteiger partial charge is 0.248 e. The fourth-order valence-electron chi connectivity index (χ4n) is 1.41. The second-order valence-corrected chi connectivity index (χ2v) is 5.47. The average Bonchev–Trinajstić information content (AvgIpc) is 2.33. The molecule has 1 aromatic carbocycles. The highest BCUT2D eigenvalue weighted by Gasteiger charge is 2.08. The number of hydrogen-bond donors (Lipinski definition) is 1. The van der Waals surface area contributed by atoms with E-state index in [2.05, 4.69) is 27.7 Å². The molecule has 19 heavy (non-hydrogen) atoms. The number of nitrogens with two attached hydrogens (primary N) is 1. The maximum Gasteiger partial charge on any atom is 0.248 e. The van der Waals surface area contributed by atoms with Crippen molar-refractivity contribution in [2.75, 3.05) is 13.2 Å². The van der Waals surface area contributed by atoms with Crippen molar-refractivity contribution in [2.24, 2.45) is 17.6 Å². The second kappa shape index (κ2) is 7.02. The molecule has 4 nitrogen and oxygen atoms in total. The van der Waals surface area contributed by atoms with E-state index in [0.29, 0.717) is 42.1 Å². The number of amides is 1. The molecule has 0 bridgehead atoms. The third-order valence-electron chi connectivity index (χ3n) is 2.33. The van der Waals surface area contributed by atoms with Crippen molar-refractivity contribution in [1.82, 2.24) is 0 Å². The summed E-state index contributed by atoms with van der Waals surface area (Å²) in [5, 5.41) is 0. The molecule has 0 fully saturated rings. The van der Waals surface area contributed by atoms with Gasteiger partial charge in [-0.25, -0.2) is 0 Å². The van der Waals surface area contributed by atoms with Gasteiger partial charge in [0.25, 0.3) is 0 Å². The predicted octanol–water partition coefficient (Wildman–Crippen LogP) is 2.86. The minimum atomic E-state index is -0.482. The number of hydrogen-bond acceptors (Lipinski definition) is 3. The molecule has 0 spiro atoms. The first-order valence-electron chi connectivity index (χ1n) is 6.59. The third-order valence-corrected chi connectivity index (χ3v) is 2.33. The molecule has 106 valence electrons. The Bertz CT molecular complexity index is 397. The Hall–Kier alpha value is -1.71. The van der Waals surface area contributed by atoms with Gasteiger partial charge in [-0.1, -0.05) is 27.7 Å². The Morgan fingerprint density at radius 1 is 1.00 bits per heavy atom. The van der Waals surface area contributed by atoms with Gasteiger partial charge in [0.05, 0.1) is 13.2 Å². The van der Waals surface area contributed by atoms with Gasteiger partial charge in [-0.3, -0.25) is 4.79 Å². The molecular weight excluding hydrogens is 242 g/mol. The number of benzene rings is 1. The van der Waals surface area contributed by atoms with E-state index >= 15 is 0 Å². The standard InChI is InChI=1S/C15H23NO3/c1-10(2)8-18-13-5-12(15(16)17)6-14(7-13)19-9-11(3)4/h5-7,10-11H,8-9H2,1-4H3,(H2,16,17). The summed E-state index contributed by atoms with van der Waals surface area (Å²) in [7, 11) is 0. The molecule has 0 radical (unpaired) electrons. The summed E-state index contributed by atoms with van der Waals surface area (Å²) in [4.78, 5) is 11.3. The van der Waals surface area contributed by atoms with E-state index < -0.39 is 5.91 Å². The topological polar surface area (TPSA) is 61.6 Å². The molecule has 0 heterocycles. The van der Waals surface area contributed by atoms with Crippen LogP contribution < -0.4 is 15.2 Å². The van der Waals surface area contributed by atoms with Gasteiger partial charge in [0, 0.05) is 11.6 Å². The zero-order valence-electron chi connectivity index (χ0n) is 12.1. The number of carbonyl (C=O) groups excluding carboxylic acids is 1. The zero-order valence-corrected chi connectivity index (χ0v) is 12.1. The van der Waals surface area contributed by atoms with Crippen molar-refractivity contribution >= 4 is 5.91 Å². The van der Waals surface area contributed by atoms with Gasteiger partial charge in [-0.2, -0.15) is 0 Å². The number of ether oxygens (including phenoxy) is 2. The summed E-state index contributed by atoms with van der Waals surface area (Å²) in [6.45, 7) is 9.43. The lowest BCUT2D eigenvalue weighted by Gasteiger charge is -2.13. The third kappa shape index (κ3) is 5.64. The first-order valence-corrected chi connectivity index (χ1v) is 6.59. The van der Waals surface area contributed by atoms with Crippen molar-refractivity contribution < 1.29 is 14.3 Å². The minimum absolute atomic E-state index is 0.403. The molecule has 0 saturated heterocycles. The molecule has 0 aliphatic rings. The lowest BCUT2D eigenvalue weighted by molar-refractivity contribution is 0.0999. The van der Waals surface area contributed by atoms with E-state index in [1.807, 2.05) is 0 Å². The Morgan fingerprint density at radius 3 is 1.74 bits per heavy atom. The first-order chi connectivity index (χ1) is 8.88. The normalized spacial score (nSPS) is 10.8. The lowest BCUT2D eigenvalue weighted by atomic mass is 10.2. The largest absolute Gasteiger partial charge is 0.493 e. The SMILES string of the molecule is CC(C)COc1cc(OCC(C)C)cc(C(N)=O)c1. The monoisotopic (exact) mass is 265 g/mol. The molecule has 0 saturated carbocycles. The van der Waals surface area contributed by atoms with Gasteiger partial charge >= 0.3 is 0 Å². The quantitative estimate of drug-likeness (QED) is 0.824. The number of primary amides is 1. The summed E-state index contributed by atoms with van der Waals surface area (Å²) in [6, 6.07) is 5.08. The fraction of sp³-hybridized carbons (Fsp3) is 0.533. The predicted molar refractivity (Wildman–Crippen MR) is 75.6 cm³/mol. The number of carbonyl (C=O) groups is 1. The van der Waals surface area contributed by atoms with Crippen LogP contribution in [0.3, 0.4) is 0 Å². The van der Waals surface area contributed by atoms with Crippen LogP contribution in [0.25, 0.3) is 0 Å². The molecule has 1 aromatic rings. The lowest BCUT2D eigenvalue weighted by Crippen LogP contribution is -2.13. The Kier molecular flexibility index (Phi) is 5.67. The highest BCUT2D eigenvalue weighted by atomic mass is 16.5. The molecule has 2 N–H and O–H groups in total. The van der Waals surface area contributed by atoms with Gasteiger partial charge in [-0.15, -0.1) is 0 Å². The molecule has 1 amide bonds. The molecule has 4 heteroatoms. The maximum atomic E-state index is 11.3. The summed E-state index contributed by atoms with van der Waals surface area (Å²) in [5.74, 6) is 1.58. The van der Waals surface area contributed by atoms with E-state index in [0.717, 1.165) is 0 Å². The Morgan fingerprint density at radius 2 is 1.42 bits per heavy atom. The van der Waals surface area contributed by atoms with Gasteiger partial charge in [-0.05, 0) is 24.0 Å². The van der Waals surface area contributed by atoms with Crippen LogP contribution in [0.5, 0.6) is 11.5 Å². The van der Waals surface area contributed by atoms with Gasteiger partial charge in [0.1, 0.15) is 11.5 Å². The highest BCUT2D eigenvalue weighted by molar-refractivity contribution is 5.93. The van der Waals surface area contributed by atoms with Crippen LogP contribution in [0.4, 0.5) is 0 Å². The summed E-state index contributed by atoms with van der Waals surface area (Å²) in [6.07, 6.45) is 0. The fourth-order valence-corrected chi connectivity index (χ4v) is 1.41. The summed E-state index contributed by atoms with van der Waals surface area (Å²) < 4.78 is 11.2. The molecular formula is C15H23NO3. The van der Waals surface area contributed by atoms with Crippen molar-refractivity contribution in [1.29, 1.82) is 0 Å². The van der Waals surface area contributed by atoms with Crippen LogP contribution in [0.2, 0.25) is 0 Å². The van der Waals surface area contributed by atoms with Crippen LogP contribution >= 0.6 is 0 Å². The van der Waals surface area contributed by atoms with Crippen molar-refractivity contribution in [3.05, 3.63) is 23.8 Å². The minimum Gasteiger partial charge on any atom is -0.493 e. The molecule has 0 aliphatic heterocycles. The molecule has 0 aliphatic carbocycles. The van der Waals surface area contributed by atoms with Gasteiger partial charge in [0.15, 0.2) is 0 Å². The molecule has 0 unspecified atom stereocenters. The van der Waals surface area contributed by atoms with Crippen LogP contribution in [0.1, 0.15) is 38.1 Å². The zero-order chi connectivity index (χ0) is 14.4. The van der Waals surface area contributed by atoms with Crippen LogP contribution in [-0.4, -0.2) is 19.1 Å². The van der Waals surface area contributed by atoms with E-state index in [4.69, 9.17) is 15.2 Å². The van der Waals surface area contributed by atoms with Crippen LogP contribution in [0.15, 0.2) is 18.2 Å². The second-order valence-electron chi connectivity index (χ2n) is 5.47. The summed E-state index contributed by atoms with van der Waals surface area (Å²) >= 11 is 0. The summed E-state index contributed by atoms with van der Waals surface area (Å²) in [5.41, 5.74) is 5.72. The van der Waals surface area contributed by atoms with Gasteiger partial charge < -0.3 is 15.2 Å². The Labute approximate surface area is 114 Å². The maximum absolute atomic E-state index is 11.3. The highest BCUT2D eigenvalue weighted by Crippen LogP contribution is 2.23. The van der Waals surface area contributed by atoms with Gasteiger partial charge in [0.2, 0.25) is 5.91 Å². The average molecular weight is 265 g/mol. The van der Waals surface area contributed by atoms with Crippen molar-refractivity contribution in [3.8, 4) is 11.5 Å². The first kappa shape index (κ1) is 15.3. The van der Waals surface area contributed by atoms with Crippen LogP contribution in [0, 0.1) is 11.8 Å². The van der Waals surface area contributed by atoms with E-state index in [-0.39, 0.29) is 0 Å². The van der Waals surface area contributed by atoms with E-state index in [9.17, 15) is 4.79 Å². The molecule has 0 aromatic heterocycles. The van der Waals surface area contributed by atoms with E-state index in [1.165, 1.54) is 0 Å². The van der Waals surface area contributed by atoms with E-state index in [1.54, 1.807) is 18.2 Å². The molecule has 1 rings (SSSR count). The van der Waals surface area contributed by atoms with Crippen LogP contribution in [-0.2, 0) is 0 Å². The van der Waals surface area contributed by atoms with Crippen molar-refractivity contribution in [3.63, 3.8) is 0 Å². The number of rotatable bonds is 7. The molecule has 0 atom stereocenters. The van der Waals surface area contributed by atoms with Crippen molar-refractivity contribution in [2.45, 2.75) is 27.7 Å². The Balaban J connectivity index is 2.87.